The van der Waals surface area contributed by atoms with E-state index in [1.165, 1.54) is 43.3 Å². The number of amides is 2. The van der Waals surface area contributed by atoms with Gasteiger partial charge in [0.1, 0.15) is 0 Å². The highest BCUT2D eigenvalue weighted by atomic mass is 16.6. The van der Waals surface area contributed by atoms with Crippen LogP contribution in [0.4, 0.5) is 11.4 Å². The molecule has 0 aromatic heterocycles. The average molecular weight is 343 g/mol. The average Bonchev–Trinajstić information content (AvgIpc) is 2.56. The molecule has 3 N–H and O–H groups in total. The number of hydrogen-bond donors (Lipinski definition) is 2. The number of carbonyl (C=O) groups excluding carboxylic acids is 2. The van der Waals surface area contributed by atoms with Gasteiger partial charge in [-0.05, 0) is 49.7 Å². The van der Waals surface area contributed by atoms with Crippen LogP contribution in [0.15, 0.2) is 42.5 Å². The summed E-state index contributed by atoms with van der Waals surface area (Å²) < 4.78 is 5.43. The molecule has 0 heterocycles. The van der Waals surface area contributed by atoms with Gasteiger partial charge in [-0.1, -0.05) is 6.07 Å². The van der Waals surface area contributed by atoms with E-state index in [2.05, 4.69) is 5.32 Å². The smallest absolute Gasteiger partial charge is 0.311 e. The van der Waals surface area contributed by atoms with Gasteiger partial charge in [0.2, 0.25) is 5.91 Å². The number of nitrogens with one attached hydrogen (secondary N) is 1. The van der Waals surface area contributed by atoms with Gasteiger partial charge in [0, 0.05) is 17.3 Å². The van der Waals surface area contributed by atoms with Crippen molar-refractivity contribution in [2.45, 2.75) is 20.0 Å². The van der Waals surface area contributed by atoms with E-state index in [0.717, 1.165) is 0 Å². The van der Waals surface area contributed by atoms with Crippen molar-refractivity contribution in [2.24, 2.45) is 5.73 Å². The van der Waals surface area contributed by atoms with Crippen molar-refractivity contribution >= 4 is 23.2 Å². The van der Waals surface area contributed by atoms with E-state index in [0.29, 0.717) is 16.8 Å². The van der Waals surface area contributed by atoms with Gasteiger partial charge < -0.3 is 15.8 Å². The molecule has 0 spiro atoms. The number of nitrogens with two attached hydrogens (primary N) is 1. The molecule has 8 nitrogen and oxygen atoms in total. The lowest BCUT2D eigenvalue weighted by Gasteiger charge is -2.15. The summed E-state index contributed by atoms with van der Waals surface area (Å²) in [6.07, 6.45) is -0.961. The predicted molar refractivity (Wildman–Crippen MR) is 91.5 cm³/mol. The Kier molecular flexibility index (Phi) is 5.33. The number of carbonyl (C=O) groups is 2. The number of ether oxygens (including phenoxy) is 1. The first-order chi connectivity index (χ1) is 11.8. The van der Waals surface area contributed by atoms with Crippen LogP contribution in [0.5, 0.6) is 5.75 Å². The van der Waals surface area contributed by atoms with E-state index in [1.54, 1.807) is 13.0 Å². The summed E-state index contributed by atoms with van der Waals surface area (Å²) in [7, 11) is 0. The molecule has 0 saturated heterocycles. The van der Waals surface area contributed by atoms with Gasteiger partial charge in [-0.15, -0.1) is 0 Å². The third-order valence-corrected chi connectivity index (χ3v) is 3.42. The molecule has 0 fully saturated rings. The Balaban J connectivity index is 2.08. The monoisotopic (exact) mass is 343 g/mol. The number of rotatable bonds is 6. The quantitative estimate of drug-likeness (QED) is 0.615. The number of hydrogen-bond acceptors (Lipinski definition) is 5. The van der Waals surface area contributed by atoms with Crippen molar-refractivity contribution in [1.82, 2.24) is 0 Å². The molecule has 2 amide bonds. The van der Waals surface area contributed by atoms with Gasteiger partial charge in [-0.2, -0.15) is 0 Å². The van der Waals surface area contributed by atoms with Gasteiger partial charge >= 0.3 is 5.69 Å². The Morgan fingerprint density at radius 3 is 2.40 bits per heavy atom. The number of nitro benzene ring substituents is 1. The molecule has 2 aromatic rings. The van der Waals surface area contributed by atoms with Crippen LogP contribution in [-0.4, -0.2) is 22.8 Å². The first-order valence-corrected chi connectivity index (χ1v) is 7.40. The molecule has 0 radical (unpaired) electrons. The first kappa shape index (κ1) is 17.9. The Morgan fingerprint density at radius 1 is 1.20 bits per heavy atom. The van der Waals surface area contributed by atoms with E-state index >= 15 is 0 Å². The van der Waals surface area contributed by atoms with E-state index in [-0.39, 0.29) is 11.4 Å². The maximum absolute atomic E-state index is 12.2. The Bertz CT molecular complexity index is 818. The molecule has 25 heavy (non-hydrogen) atoms. The predicted octanol–water partition coefficient (Wildman–Crippen LogP) is 2.41. The van der Waals surface area contributed by atoms with Gasteiger partial charge in [0.15, 0.2) is 11.9 Å². The lowest BCUT2D eigenvalue weighted by Crippen LogP contribution is -2.30. The standard InChI is InChI=1S/C17H17N3O5/c1-10-3-8-15(14(9-10)20(23)24)25-11(2)17(22)19-13-6-4-12(5-7-13)16(18)21/h3-9,11H,1-2H3,(H2,18,21)(H,19,22). The molecular formula is C17H17N3O5. The number of aryl methyl sites for hydroxylation is 1. The Hall–Kier alpha value is -3.42. The highest BCUT2D eigenvalue weighted by molar-refractivity contribution is 5.96. The first-order valence-electron chi connectivity index (χ1n) is 7.40. The summed E-state index contributed by atoms with van der Waals surface area (Å²) >= 11 is 0. The topological polar surface area (TPSA) is 125 Å². The fraction of sp³-hybridized carbons (Fsp3) is 0.176. The molecule has 0 aliphatic rings. The highest BCUT2D eigenvalue weighted by Gasteiger charge is 2.21. The fourth-order valence-corrected chi connectivity index (χ4v) is 2.08. The molecule has 1 atom stereocenters. The van der Waals surface area contributed by atoms with E-state index in [4.69, 9.17) is 10.5 Å². The zero-order chi connectivity index (χ0) is 18.6. The van der Waals surface area contributed by atoms with E-state index in [9.17, 15) is 19.7 Å². The molecule has 0 aliphatic carbocycles. The van der Waals surface area contributed by atoms with Gasteiger partial charge in [-0.3, -0.25) is 19.7 Å². The van der Waals surface area contributed by atoms with Crippen LogP contribution in [0.1, 0.15) is 22.8 Å². The maximum Gasteiger partial charge on any atom is 0.311 e. The van der Waals surface area contributed by atoms with Crippen LogP contribution in [-0.2, 0) is 4.79 Å². The molecule has 2 aromatic carbocycles. The third-order valence-electron chi connectivity index (χ3n) is 3.42. The molecule has 1 unspecified atom stereocenters. The van der Waals surface area contributed by atoms with Crippen molar-refractivity contribution in [1.29, 1.82) is 0 Å². The van der Waals surface area contributed by atoms with Gasteiger partial charge in [0.25, 0.3) is 5.91 Å². The minimum atomic E-state index is -0.961. The SMILES string of the molecule is Cc1ccc(OC(C)C(=O)Nc2ccc(C(N)=O)cc2)c([N+](=O)[O-])c1. The number of primary amides is 1. The summed E-state index contributed by atoms with van der Waals surface area (Å²) in [4.78, 5) is 33.7. The zero-order valence-corrected chi connectivity index (χ0v) is 13.7. The summed E-state index contributed by atoms with van der Waals surface area (Å²) in [5, 5.41) is 13.7. The van der Waals surface area contributed by atoms with Crippen LogP contribution >= 0.6 is 0 Å². The van der Waals surface area contributed by atoms with Crippen molar-refractivity contribution in [3.8, 4) is 5.75 Å². The minimum Gasteiger partial charge on any atom is -0.474 e. The van der Waals surface area contributed by atoms with Crippen LogP contribution in [0.3, 0.4) is 0 Å². The molecular weight excluding hydrogens is 326 g/mol. The van der Waals surface area contributed by atoms with E-state index in [1.807, 2.05) is 0 Å². The Labute approximate surface area is 143 Å². The van der Waals surface area contributed by atoms with Crippen LogP contribution < -0.4 is 15.8 Å². The molecule has 0 saturated carbocycles. The second-order valence-electron chi connectivity index (χ2n) is 5.42. The van der Waals surface area contributed by atoms with Crippen molar-refractivity contribution in [2.75, 3.05) is 5.32 Å². The van der Waals surface area contributed by atoms with Crippen LogP contribution in [0.25, 0.3) is 0 Å². The van der Waals surface area contributed by atoms with Crippen LogP contribution in [0.2, 0.25) is 0 Å². The molecule has 8 heteroatoms. The largest absolute Gasteiger partial charge is 0.474 e. The minimum absolute atomic E-state index is 0.0160. The van der Waals surface area contributed by atoms with Crippen molar-refractivity contribution in [3.63, 3.8) is 0 Å². The lowest BCUT2D eigenvalue weighted by atomic mass is 10.2. The highest BCUT2D eigenvalue weighted by Crippen LogP contribution is 2.28. The van der Waals surface area contributed by atoms with E-state index < -0.39 is 22.8 Å². The second kappa shape index (κ2) is 7.43. The summed E-state index contributed by atoms with van der Waals surface area (Å²) in [6.45, 7) is 3.21. The molecule has 2 rings (SSSR count). The van der Waals surface area contributed by atoms with Gasteiger partial charge in [0.05, 0.1) is 4.92 Å². The third kappa shape index (κ3) is 4.54. The van der Waals surface area contributed by atoms with Crippen molar-refractivity contribution in [3.05, 3.63) is 63.7 Å². The normalized spacial score (nSPS) is 11.4. The number of nitrogens with zero attached hydrogens (tertiary/aromatic N) is 1. The Morgan fingerprint density at radius 2 is 1.84 bits per heavy atom. The molecule has 0 bridgehead atoms. The number of nitro groups is 1. The fourth-order valence-electron chi connectivity index (χ4n) is 2.08. The molecule has 0 aliphatic heterocycles. The number of benzene rings is 2. The number of anilines is 1. The zero-order valence-electron chi connectivity index (χ0n) is 13.7. The summed E-state index contributed by atoms with van der Waals surface area (Å²) in [5.41, 5.74) is 6.42. The summed E-state index contributed by atoms with van der Waals surface area (Å²) in [5.74, 6) is -1.04. The van der Waals surface area contributed by atoms with Crippen molar-refractivity contribution < 1.29 is 19.2 Å². The maximum atomic E-state index is 12.2. The molecule has 130 valence electrons. The summed E-state index contributed by atoms with van der Waals surface area (Å²) in [6, 6.07) is 10.5. The second-order valence-corrected chi connectivity index (χ2v) is 5.42. The van der Waals surface area contributed by atoms with Gasteiger partial charge in [-0.25, -0.2) is 0 Å². The van der Waals surface area contributed by atoms with Crippen LogP contribution in [0, 0.1) is 17.0 Å². The lowest BCUT2D eigenvalue weighted by molar-refractivity contribution is -0.386.